The van der Waals surface area contributed by atoms with Gasteiger partial charge in [0.1, 0.15) is 11.3 Å². The number of aromatic nitrogens is 3. The number of aryl methyl sites for hydroxylation is 1. The van der Waals surface area contributed by atoms with E-state index in [2.05, 4.69) is 20.9 Å². The molecule has 0 radical (unpaired) electrons. The van der Waals surface area contributed by atoms with Gasteiger partial charge in [-0.1, -0.05) is 42.1 Å². The van der Waals surface area contributed by atoms with Gasteiger partial charge in [-0.2, -0.15) is 5.01 Å². The minimum atomic E-state index is -1.25. The normalized spacial score (nSPS) is 18.4. The zero-order valence-electron chi connectivity index (χ0n) is 17.1. The number of hydrogen-bond donors (Lipinski definition) is 2. The van der Waals surface area contributed by atoms with E-state index in [0.29, 0.717) is 27.3 Å². The molecule has 11 heteroatoms. The topological polar surface area (TPSA) is 122 Å². The number of thioether (sulfide) groups is 1. The maximum Gasteiger partial charge on any atom is 0.344 e. The molecular formula is C20H20N6O4S. The van der Waals surface area contributed by atoms with Crippen LogP contribution in [0.5, 0.6) is 0 Å². The zero-order chi connectivity index (χ0) is 22.2. The van der Waals surface area contributed by atoms with Crippen molar-refractivity contribution in [1.29, 1.82) is 0 Å². The number of nitrogens with zero attached hydrogens (tertiary/aromatic N) is 4. The summed E-state index contributed by atoms with van der Waals surface area (Å²) in [6.45, 7) is 3.42. The summed E-state index contributed by atoms with van der Waals surface area (Å²) >= 11 is 1.14. The minimum Gasteiger partial charge on any atom is -0.469 e. The van der Waals surface area contributed by atoms with E-state index in [1.54, 1.807) is 55.1 Å². The molecule has 4 rings (SSSR count). The highest BCUT2D eigenvalue weighted by Gasteiger charge is 2.49. The van der Waals surface area contributed by atoms with E-state index in [4.69, 9.17) is 4.42 Å². The number of urea groups is 1. The summed E-state index contributed by atoms with van der Waals surface area (Å²) in [5.41, 5.74) is 2.56. The number of nitrogens with one attached hydrogen (secondary N) is 2. The van der Waals surface area contributed by atoms with Gasteiger partial charge >= 0.3 is 6.03 Å². The first-order valence-electron chi connectivity index (χ1n) is 9.39. The molecule has 1 aliphatic rings. The fourth-order valence-electron chi connectivity index (χ4n) is 3.29. The molecule has 1 unspecified atom stereocenters. The van der Waals surface area contributed by atoms with Crippen LogP contribution in [0.2, 0.25) is 0 Å². The maximum absolute atomic E-state index is 12.9. The standard InChI is InChI=1S/C20H20N6O4S/c1-12-14(9-10-30-12)16-22-23-19(25(16)3)31-11-15(27)24-26-17(28)20(2,21-18(26)29)13-7-5-4-6-8-13/h4-10H,11H2,1-3H3,(H,21,29)(H,24,27). The van der Waals surface area contributed by atoms with Crippen molar-refractivity contribution in [3.63, 3.8) is 0 Å². The molecule has 1 fully saturated rings. The Balaban J connectivity index is 1.41. The van der Waals surface area contributed by atoms with Gasteiger partial charge in [-0.15, -0.1) is 10.2 Å². The highest BCUT2D eigenvalue weighted by molar-refractivity contribution is 7.99. The Morgan fingerprint density at radius 2 is 1.97 bits per heavy atom. The van der Waals surface area contributed by atoms with E-state index in [1.165, 1.54) is 0 Å². The first-order valence-corrected chi connectivity index (χ1v) is 10.4. The number of imide groups is 1. The molecule has 2 aromatic heterocycles. The summed E-state index contributed by atoms with van der Waals surface area (Å²) < 4.78 is 7.04. The lowest BCUT2D eigenvalue weighted by Gasteiger charge is -2.22. The SMILES string of the molecule is Cc1occc1-c1nnc(SCC(=O)NN2C(=O)NC(C)(c3ccccc3)C2=O)n1C. The first-order chi connectivity index (χ1) is 14.8. The van der Waals surface area contributed by atoms with E-state index in [0.717, 1.165) is 17.3 Å². The quantitative estimate of drug-likeness (QED) is 0.444. The van der Waals surface area contributed by atoms with Crippen molar-refractivity contribution < 1.29 is 18.8 Å². The van der Waals surface area contributed by atoms with Crippen LogP contribution in [0.1, 0.15) is 18.2 Å². The van der Waals surface area contributed by atoms with Gasteiger partial charge in [0.25, 0.3) is 5.91 Å². The molecule has 0 bridgehead atoms. The summed E-state index contributed by atoms with van der Waals surface area (Å²) in [6, 6.07) is 9.96. The Labute approximate surface area is 182 Å². The van der Waals surface area contributed by atoms with Gasteiger partial charge < -0.3 is 14.3 Å². The Bertz CT molecular complexity index is 1160. The Morgan fingerprint density at radius 1 is 1.23 bits per heavy atom. The van der Waals surface area contributed by atoms with Crippen LogP contribution in [0.4, 0.5) is 4.79 Å². The fourth-order valence-corrected chi connectivity index (χ4v) is 3.99. The molecule has 0 aliphatic carbocycles. The van der Waals surface area contributed by atoms with Gasteiger partial charge in [-0.25, -0.2) is 4.79 Å². The lowest BCUT2D eigenvalue weighted by atomic mass is 9.92. The van der Waals surface area contributed by atoms with Crippen LogP contribution in [0.25, 0.3) is 11.4 Å². The van der Waals surface area contributed by atoms with Gasteiger partial charge in [-0.3, -0.25) is 15.0 Å². The molecule has 1 aromatic carbocycles. The van der Waals surface area contributed by atoms with Crippen molar-refractivity contribution >= 4 is 29.6 Å². The molecule has 31 heavy (non-hydrogen) atoms. The van der Waals surface area contributed by atoms with E-state index < -0.39 is 23.4 Å². The summed E-state index contributed by atoms with van der Waals surface area (Å²) in [5, 5.41) is 12.1. The Hall–Kier alpha value is -3.60. The molecule has 160 valence electrons. The van der Waals surface area contributed by atoms with Gasteiger partial charge in [0.15, 0.2) is 11.0 Å². The molecule has 10 nitrogen and oxygen atoms in total. The highest BCUT2D eigenvalue weighted by Crippen LogP contribution is 2.28. The predicted molar refractivity (Wildman–Crippen MR) is 111 cm³/mol. The third-order valence-corrected chi connectivity index (χ3v) is 6.07. The van der Waals surface area contributed by atoms with Gasteiger partial charge in [0.05, 0.1) is 17.6 Å². The van der Waals surface area contributed by atoms with Crippen LogP contribution in [0, 0.1) is 6.92 Å². The van der Waals surface area contributed by atoms with Crippen molar-refractivity contribution in [3.05, 3.63) is 54.0 Å². The van der Waals surface area contributed by atoms with Crippen molar-refractivity contribution in [2.24, 2.45) is 7.05 Å². The van der Waals surface area contributed by atoms with E-state index in [1.807, 2.05) is 13.0 Å². The summed E-state index contributed by atoms with van der Waals surface area (Å²) in [6.07, 6.45) is 1.57. The van der Waals surface area contributed by atoms with Crippen LogP contribution in [-0.4, -0.2) is 43.4 Å². The van der Waals surface area contributed by atoms with Crippen molar-refractivity contribution in [2.75, 3.05) is 5.75 Å². The Morgan fingerprint density at radius 3 is 2.65 bits per heavy atom. The number of amides is 4. The molecule has 1 saturated heterocycles. The highest BCUT2D eigenvalue weighted by atomic mass is 32.2. The fraction of sp³-hybridized carbons (Fsp3) is 0.250. The lowest BCUT2D eigenvalue weighted by Crippen LogP contribution is -2.48. The second-order valence-electron chi connectivity index (χ2n) is 7.14. The van der Waals surface area contributed by atoms with Crippen molar-refractivity contribution in [1.82, 2.24) is 30.5 Å². The second kappa shape index (κ2) is 7.91. The van der Waals surface area contributed by atoms with Gasteiger partial charge in [0.2, 0.25) is 5.91 Å². The van der Waals surface area contributed by atoms with E-state index in [9.17, 15) is 14.4 Å². The van der Waals surface area contributed by atoms with Crippen LogP contribution in [0.3, 0.4) is 0 Å². The van der Waals surface area contributed by atoms with Crippen molar-refractivity contribution in [2.45, 2.75) is 24.5 Å². The molecule has 1 aliphatic heterocycles. The second-order valence-corrected chi connectivity index (χ2v) is 8.08. The summed E-state index contributed by atoms with van der Waals surface area (Å²) in [4.78, 5) is 37.6. The van der Waals surface area contributed by atoms with Crippen LogP contribution < -0.4 is 10.7 Å². The largest absolute Gasteiger partial charge is 0.469 e. The smallest absolute Gasteiger partial charge is 0.344 e. The number of rotatable bonds is 6. The lowest BCUT2D eigenvalue weighted by molar-refractivity contribution is -0.138. The number of carbonyl (C=O) groups excluding carboxylic acids is 3. The molecule has 0 saturated carbocycles. The number of hydrazine groups is 1. The van der Waals surface area contributed by atoms with Gasteiger partial charge in [0, 0.05) is 7.05 Å². The van der Waals surface area contributed by atoms with Gasteiger partial charge in [-0.05, 0) is 25.5 Å². The predicted octanol–water partition coefficient (Wildman–Crippen LogP) is 1.97. The number of hydrogen-bond acceptors (Lipinski definition) is 7. The molecule has 3 heterocycles. The van der Waals surface area contributed by atoms with Crippen LogP contribution in [-0.2, 0) is 22.2 Å². The first kappa shape index (κ1) is 20.7. The number of benzene rings is 1. The third kappa shape index (κ3) is 3.67. The molecular weight excluding hydrogens is 420 g/mol. The number of furan rings is 1. The average molecular weight is 440 g/mol. The number of carbonyl (C=O) groups is 3. The van der Waals surface area contributed by atoms with E-state index >= 15 is 0 Å². The molecule has 3 aromatic rings. The molecule has 4 amide bonds. The van der Waals surface area contributed by atoms with E-state index in [-0.39, 0.29) is 5.75 Å². The summed E-state index contributed by atoms with van der Waals surface area (Å²) in [7, 11) is 1.78. The summed E-state index contributed by atoms with van der Waals surface area (Å²) in [5.74, 6) is 0.190. The molecule has 2 N–H and O–H groups in total. The maximum atomic E-state index is 12.9. The molecule has 0 spiro atoms. The van der Waals surface area contributed by atoms with Crippen molar-refractivity contribution in [3.8, 4) is 11.4 Å². The Kier molecular flexibility index (Phi) is 5.27. The monoisotopic (exact) mass is 440 g/mol. The molecule has 1 atom stereocenters. The van der Waals surface area contributed by atoms with Crippen LogP contribution >= 0.6 is 11.8 Å². The zero-order valence-corrected chi connectivity index (χ0v) is 17.9. The minimum absolute atomic E-state index is 0.0601. The third-order valence-electron chi connectivity index (χ3n) is 5.05. The average Bonchev–Trinajstić information content (AvgIpc) is 3.40. The van der Waals surface area contributed by atoms with Crippen LogP contribution in [0.15, 0.2) is 52.2 Å².